The predicted octanol–water partition coefficient (Wildman–Crippen LogP) is 2.78. The minimum absolute atomic E-state index is 0.207. The fraction of sp³-hybridized carbons (Fsp3) is 0.333. The topological polar surface area (TPSA) is 61.3 Å². The highest BCUT2D eigenvalue weighted by Crippen LogP contribution is 2.05. The highest BCUT2D eigenvalue weighted by Gasteiger charge is 2.02. The number of benzene rings is 1. The Kier molecular flexibility index (Phi) is 7.53. The molecular formula is C18H24FN5. The van der Waals surface area contributed by atoms with E-state index in [4.69, 9.17) is 0 Å². The lowest BCUT2D eigenvalue weighted by molar-refractivity contribution is 0.604. The molecule has 5 nitrogen and oxygen atoms in total. The molecule has 1 aromatic heterocycles. The number of hydrogen-bond acceptors (Lipinski definition) is 3. The Labute approximate surface area is 142 Å². The Morgan fingerprint density at radius 3 is 2.58 bits per heavy atom. The van der Waals surface area contributed by atoms with Gasteiger partial charge in [-0.05, 0) is 31.0 Å². The van der Waals surface area contributed by atoms with E-state index in [9.17, 15) is 4.39 Å². The number of nitrogens with zero attached hydrogens (tertiary/aromatic N) is 2. The smallest absolute Gasteiger partial charge is 0.191 e. The van der Waals surface area contributed by atoms with Crippen molar-refractivity contribution in [3.05, 3.63) is 60.0 Å². The first kappa shape index (κ1) is 17.7. The molecule has 128 valence electrons. The van der Waals surface area contributed by atoms with Gasteiger partial charge in [0.1, 0.15) is 11.6 Å². The van der Waals surface area contributed by atoms with Gasteiger partial charge in [-0.1, -0.05) is 24.3 Å². The lowest BCUT2D eigenvalue weighted by atomic mass is 10.2. The fourth-order valence-corrected chi connectivity index (χ4v) is 2.18. The number of nitrogens with one attached hydrogen (secondary N) is 3. The number of rotatable bonds is 8. The molecule has 2 rings (SSSR count). The van der Waals surface area contributed by atoms with Gasteiger partial charge in [0, 0.05) is 38.4 Å². The van der Waals surface area contributed by atoms with E-state index in [1.54, 1.807) is 25.4 Å². The van der Waals surface area contributed by atoms with Crippen LogP contribution in [0.25, 0.3) is 0 Å². The van der Waals surface area contributed by atoms with E-state index >= 15 is 0 Å². The first-order valence-electron chi connectivity index (χ1n) is 8.12. The third kappa shape index (κ3) is 6.24. The molecule has 0 amide bonds. The van der Waals surface area contributed by atoms with Crippen LogP contribution in [0.3, 0.4) is 0 Å². The van der Waals surface area contributed by atoms with Gasteiger partial charge in [0.05, 0.1) is 0 Å². The molecule has 0 aliphatic carbocycles. The highest BCUT2D eigenvalue weighted by atomic mass is 19.1. The molecule has 0 aliphatic rings. The normalized spacial score (nSPS) is 11.2. The Balaban J connectivity index is 1.59. The SMILES string of the molecule is CN=C(NCCCCNc1ccccn1)NCc1ccccc1F. The van der Waals surface area contributed by atoms with Gasteiger partial charge in [-0.15, -0.1) is 0 Å². The maximum absolute atomic E-state index is 13.6. The van der Waals surface area contributed by atoms with Gasteiger partial charge in [-0.25, -0.2) is 9.37 Å². The Hall–Kier alpha value is -2.63. The largest absolute Gasteiger partial charge is 0.370 e. The van der Waals surface area contributed by atoms with Crippen LogP contribution in [-0.2, 0) is 6.54 Å². The first-order chi connectivity index (χ1) is 11.8. The molecule has 3 N–H and O–H groups in total. The van der Waals surface area contributed by atoms with Gasteiger partial charge in [0.15, 0.2) is 5.96 Å². The second-order valence-electron chi connectivity index (χ2n) is 5.29. The zero-order valence-electron chi connectivity index (χ0n) is 13.9. The Bertz CT molecular complexity index is 630. The molecule has 6 heteroatoms. The Morgan fingerprint density at radius 1 is 1.04 bits per heavy atom. The molecule has 0 spiro atoms. The maximum Gasteiger partial charge on any atom is 0.191 e. The number of unbranched alkanes of at least 4 members (excludes halogenated alkanes) is 1. The molecule has 1 aromatic carbocycles. The van der Waals surface area contributed by atoms with Crippen LogP contribution in [-0.4, -0.2) is 31.1 Å². The van der Waals surface area contributed by atoms with E-state index in [-0.39, 0.29) is 5.82 Å². The van der Waals surface area contributed by atoms with Crippen molar-refractivity contribution in [3.8, 4) is 0 Å². The van der Waals surface area contributed by atoms with Crippen molar-refractivity contribution in [2.75, 3.05) is 25.5 Å². The molecule has 0 bridgehead atoms. The summed E-state index contributed by atoms with van der Waals surface area (Å²) in [5.74, 6) is 1.37. The van der Waals surface area contributed by atoms with Crippen LogP contribution in [0, 0.1) is 5.82 Å². The fourth-order valence-electron chi connectivity index (χ4n) is 2.18. The molecular weight excluding hydrogens is 305 g/mol. The number of aromatic nitrogens is 1. The van der Waals surface area contributed by atoms with E-state index in [0.29, 0.717) is 18.1 Å². The highest BCUT2D eigenvalue weighted by molar-refractivity contribution is 5.79. The summed E-state index contributed by atoms with van der Waals surface area (Å²) < 4.78 is 13.6. The van der Waals surface area contributed by atoms with Crippen molar-refractivity contribution in [2.45, 2.75) is 19.4 Å². The lowest BCUT2D eigenvalue weighted by Crippen LogP contribution is -2.37. The quantitative estimate of drug-likeness (QED) is 0.396. The van der Waals surface area contributed by atoms with E-state index in [1.165, 1.54) is 6.07 Å². The zero-order chi connectivity index (χ0) is 17.0. The molecule has 1 heterocycles. The number of aliphatic imine (C=N–C) groups is 1. The van der Waals surface area contributed by atoms with Crippen LogP contribution in [0.15, 0.2) is 53.7 Å². The van der Waals surface area contributed by atoms with Crippen molar-refractivity contribution >= 4 is 11.8 Å². The maximum atomic E-state index is 13.6. The van der Waals surface area contributed by atoms with Gasteiger partial charge < -0.3 is 16.0 Å². The van der Waals surface area contributed by atoms with Gasteiger partial charge >= 0.3 is 0 Å². The summed E-state index contributed by atoms with van der Waals surface area (Å²) in [5, 5.41) is 9.62. The molecule has 24 heavy (non-hydrogen) atoms. The van der Waals surface area contributed by atoms with E-state index in [1.807, 2.05) is 24.3 Å². The van der Waals surface area contributed by atoms with Crippen LogP contribution >= 0.6 is 0 Å². The molecule has 0 fully saturated rings. The number of hydrogen-bond donors (Lipinski definition) is 3. The van der Waals surface area contributed by atoms with Crippen molar-refractivity contribution in [2.24, 2.45) is 4.99 Å². The average molecular weight is 329 g/mol. The molecule has 0 unspecified atom stereocenters. The number of halogens is 1. The van der Waals surface area contributed by atoms with Gasteiger partial charge in [-0.3, -0.25) is 4.99 Å². The molecule has 0 saturated carbocycles. The molecule has 0 atom stereocenters. The van der Waals surface area contributed by atoms with E-state index < -0.39 is 0 Å². The average Bonchev–Trinajstić information content (AvgIpc) is 2.62. The van der Waals surface area contributed by atoms with Crippen molar-refractivity contribution in [3.63, 3.8) is 0 Å². The summed E-state index contributed by atoms with van der Waals surface area (Å²) in [7, 11) is 1.71. The van der Waals surface area contributed by atoms with Crippen LogP contribution in [0.5, 0.6) is 0 Å². The van der Waals surface area contributed by atoms with Crippen molar-refractivity contribution < 1.29 is 4.39 Å². The monoisotopic (exact) mass is 329 g/mol. The summed E-state index contributed by atoms with van der Waals surface area (Å²) in [6, 6.07) is 12.5. The second-order valence-corrected chi connectivity index (χ2v) is 5.29. The second kappa shape index (κ2) is 10.2. The van der Waals surface area contributed by atoms with Crippen molar-refractivity contribution in [1.82, 2.24) is 15.6 Å². The standard InChI is InChI=1S/C18H24FN5/c1-20-18(24-14-15-8-2-3-9-16(15)19)23-13-7-6-12-22-17-10-4-5-11-21-17/h2-5,8-11H,6-7,12-14H2,1H3,(H,21,22)(H2,20,23,24). The number of pyridine rings is 1. The third-order valence-corrected chi connectivity index (χ3v) is 3.49. The van der Waals surface area contributed by atoms with Gasteiger partial charge in [0.25, 0.3) is 0 Å². The zero-order valence-corrected chi connectivity index (χ0v) is 13.9. The third-order valence-electron chi connectivity index (χ3n) is 3.49. The first-order valence-corrected chi connectivity index (χ1v) is 8.12. The lowest BCUT2D eigenvalue weighted by Gasteiger charge is -2.12. The van der Waals surface area contributed by atoms with Crippen molar-refractivity contribution in [1.29, 1.82) is 0 Å². The molecule has 0 aliphatic heterocycles. The summed E-state index contributed by atoms with van der Waals surface area (Å²) >= 11 is 0. The van der Waals surface area contributed by atoms with E-state index in [2.05, 4.69) is 25.9 Å². The minimum atomic E-state index is -0.207. The van der Waals surface area contributed by atoms with Crippen LogP contribution in [0.2, 0.25) is 0 Å². The minimum Gasteiger partial charge on any atom is -0.370 e. The predicted molar refractivity (Wildman–Crippen MR) is 96.6 cm³/mol. The number of guanidine groups is 1. The van der Waals surface area contributed by atoms with Crippen LogP contribution in [0.1, 0.15) is 18.4 Å². The number of anilines is 1. The summed E-state index contributed by atoms with van der Waals surface area (Å²) in [4.78, 5) is 8.36. The Morgan fingerprint density at radius 2 is 1.83 bits per heavy atom. The van der Waals surface area contributed by atoms with Gasteiger partial charge in [0.2, 0.25) is 0 Å². The summed E-state index contributed by atoms with van der Waals surface area (Å²) in [6.07, 6.45) is 3.79. The van der Waals surface area contributed by atoms with Crippen LogP contribution in [0.4, 0.5) is 10.2 Å². The molecule has 0 radical (unpaired) electrons. The van der Waals surface area contributed by atoms with E-state index in [0.717, 1.165) is 31.7 Å². The van der Waals surface area contributed by atoms with Crippen LogP contribution < -0.4 is 16.0 Å². The van der Waals surface area contributed by atoms with Gasteiger partial charge in [-0.2, -0.15) is 0 Å². The molecule has 2 aromatic rings. The summed E-state index contributed by atoms with van der Waals surface area (Å²) in [6.45, 7) is 2.09. The summed E-state index contributed by atoms with van der Waals surface area (Å²) in [5.41, 5.74) is 0.625. The molecule has 0 saturated heterocycles.